The molecule has 0 spiro atoms. The van der Waals surface area contributed by atoms with Crippen LogP contribution in [-0.2, 0) is 16.6 Å². The third-order valence-electron chi connectivity index (χ3n) is 3.83. The number of hydrogen-bond donors (Lipinski definition) is 1. The van der Waals surface area contributed by atoms with Crippen LogP contribution in [0, 0.1) is 5.92 Å². The normalized spacial score (nSPS) is 21.6. The second-order valence-electron chi connectivity index (χ2n) is 5.41. The minimum absolute atomic E-state index is 0.186. The lowest BCUT2D eigenvalue weighted by Crippen LogP contribution is -2.32. The minimum atomic E-state index is -3.50. The van der Waals surface area contributed by atoms with Crippen LogP contribution >= 0.6 is 11.6 Å². The molecule has 1 aliphatic rings. The fourth-order valence-corrected chi connectivity index (χ4v) is 4.53. The average Bonchev–Trinajstić information content (AvgIpc) is 2.63. The third kappa shape index (κ3) is 3.34. The van der Waals surface area contributed by atoms with Crippen LogP contribution in [0.4, 0.5) is 0 Å². The average molecular weight is 317 g/mol. The molecule has 6 heteroatoms. The zero-order valence-corrected chi connectivity index (χ0v) is 13.3. The van der Waals surface area contributed by atoms with Gasteiger partial charge < -0.3 is 5.73 Å². The van der Waals surface area contributed by atoms with Crippen molar-refractivity contribution in [2.75, 3.05) is 13.1 Å². The molecule has 20 heavy (non-hydrogen) atoms. The van der Waals surface area contributed by atoms with Crippen molar-refractivity contribution < 1.29 is 8.42 Å². The summed E-state index contributed by atoms with van der Waals surface area (Å²) < 4.78 is 26.9. The molecule has 0 saturated carbocycles. The van der Waals surface area contributed by atoms with E-state index in [1.54, 1.807) is 22.5 Å². The Labute approximate surface area is 126 Å². The molecule has 1 unspecified atom stereocenters. The van der Waals surface area contributed by atoms with Crippen LogP contribution in [0.5, 0.6) is 0 Å². The van der Waals surface area contributed by atoms with Crippen molar-refractivity contribution in [1.82, 2.24) is 4.31 Å². The molecule has 0 amide bonds. The Kier molecular flexibility index (Phi) is 5.07. The van der Waals surface area contributed by atoms with Crippen molar-refractivity contribution >= 4 is 21.6 Å². The van der Waals surface area contributed by atoms with Crippen molar-refractivity contribution in [2.24, 2.45) is 11.7 Å². The van der Waals surface area contributed by atoms with Gasteiger partial charge in [-0.05, 0) is 42.9 Å². The van der Waals surface area contributed by atoms with Gasteiger partial charge >= 0.3 is 0 Å². The van der Waals surface area contributed by atoms with Gasteiger partial charge in [-0.15, -0.1) is 0 Å². The summed E-state index contributed by atoms with van der Waals surface area (Å²) in [6, 6.07) is 4.92. The Balaban J connectivity index is 2.30. The number of halogens is 1. The van der Waals surface area contributed by atoms with E-state index in [1.165, 1.54) is 0 Å². The summed E-state index contributed by atoms with van der Waals surface area (Å²) in [7, 11) is -3.50. The van der Waals surface area contributed by atoms with Gasteiger partial charge in [0, 0.05) is 19.6 Å². The number of hydrogen-bond acceptors (Lipinski definition) is 3. The lowest BCUT2D eigenvalue weighted by atomic mass is 10.0. The van der Waals surface area contributed by atoms with Gasteiger partial charge in [-0.3, -0.25) is 0 Å². The quantitative estimate of drug-likeness (QED) is 0.932. The lowest BCUT2D eigenvalue weighted by molar-refractivity contribution is 0.417. The third-order valence-corrected chi connectivity index (χ3v) is 6.21. The molecule has 0 bridgehead atoms. The smallest absolute Gasteiger partial charge is 0.244 e. The fourth-order valence-electron chi connectivity index (χ4n) is 2.50. The molecule has 1 aromatic carbocycles. The van der Waals surface area contributed by atoms with Gasteiger partial charge in [-0.25, -0.2) is 8.42 Å². The summed E-state index contributed by atoms with van der Waals surface area (Å²) in [5.41, 5.74) is 6.37. The molecule has 112 valence electrons. The van der Waals surface area contributed by atoms with Crippen molar-refractivity contribution in [1.29, 1.82) is 0 Å². The molecule has 1 aromatic rings. The van der Waals surface area contributed by atoms with Gasteiger partial charge in [0.15, 0.2) is 0 Å². The lowest BCUT2D eigenvalue weighted by Gasteiger charge is -2.21. The molecular formula is C14H21ClN2O2S. The van der Waals surface area contributed by atoms with E-state index in [1.807, 2.05) is 0 Å². The van der Waals surface area contributed by atoms with E-state index in [-0.39, 0.29) is 9.92 Å². The first-order valence-electron chi connectivity index (χ1n) is 6.94. The highest BCUT2D eigenvalue weighted by Crippen LogP contribution is 2.28. The molecule has 2 N–H and O–H groups in total. The van der Waals surface area contributed by atoms with Crippen molar-refractivity contribution in [3.63, 3.8) is 0 Å². The maximum atomic E-state index is 12.7. The van der Waals surface area contributed by atoms with E-state index in [4.69, 9.17) is 17.3 Å². The van der Waals surface area contributed by atoms with Gasteiger partial charge in [0.05, 0.1) is 5.02 Å². The van der Waals surface area contributed by atoms with E-state index >= 15 is 0 Å². The molecule has 1 heterocycles. The minimum Gasteiger partial charge on any atom is -0.326 e. The fraction of sp³-hybridized carbons (Fsp3) is 0.571. The second-order valence-corrected chi connectivity index (χ2v) is 7.72. The van der Waals surface area contributed by atoms with Crippen LogP contribution in [0.3, 0.4) is 0 Å². The molecule has 0 aliphatic carbocycles. The van der Waals surface area contributed by atoms with Gasteiger partial charge in [-0.1, -0.05) is 24.6 Å². The van der Waals surface area contributed by atoms with Crippen LogP contribution in [-0.4, -0.2) is 25.8 Å². The highest BCUT2D eigenvalue weighted by atomic mass is 35.5. The summed E-state index contributed by atoms with van der Waals surface area (Å²) in [6.07, 6.45) is 2.88. The predicted molar refractivity (Wildman–Crippen MR) is 81.1 cm³/mol. The maximum absolute atomic E-state index is 12.7. The van der Waals surface area contributed by atoms with Gasteiger partial charge in [0.2, 0.25) is 10.0 Å². The summed E-state index contributed by atoms with van der Waals surface area (Å²) >= 11 is 6.12. The summed E-state index contributed by atoms with van der Waals surface area (Å²) in [6.45, 7) is 3.65. The first kappa shape index (κ1) is 15.8. The zero-order valence-electron chi connectivity index (χ0n) is 11.7. The van der Waals surface area contributed by atoms with Gasteiger partial charge in [0.25, 0.3) is 0 Å². The Morgan fingerprint density at radius 3 is 2.75 bits per heavy atom. The summed E-state index contributed by atoms with van der Waals surface area (Å²) in [5.74, 6) is 0.574. The molecule has 0 aromatic heterocycles. The molecule has 2 rings (SSSR count). The largest absolute Gasteiger partial charge is 0.326 e. The Morgan fingerprint density at radius 2 is 2.10 bits per heavy atom. The summed E-state index contributed by atoms with van der Waals surface area (Å²) in [5, 5.41) is 0.255. The van der Waals surface area contributed by atoms with Gasteiger partial charge in [-0.2, -0.15) is 4.31 Å². The van der Waals surface area contributed by atoms with Crippen LogP contribution in [0.25, 0.3) is 0 Å². The van der Waals surface area contributed by atoms with E-state index in [2.05, 4.69) is 6.92 Å². The van der Waals surface area contributed by atoms with E-state index in [0.717, 1.165) is 24.8 Å². The molecule has 1 fully saturated rings. The number of rotatable bonds is 3. The van der Waals surface area contributed by atoms with E-state index in [9.17, 15) is 8.42 Å². The van der Waals surface area contributed by atoms with Crippen molar-refractivity contribution in [2.45, 2.75) is 37.6 Å². The predicted octanol–water partition coefficient (Wildman–Crippen LogP) is 2.61. The van der Waals surface area contributed by atoms with E-state index < -0.39 is 10.0 Å². The zero-order chi connectivity index (χ0) is 14.8. The van der Waals surface area contributed by atoms with Crippen LogP contribution in [0.15, 0.2) is 23.1 Å². The standard InChI is InChI=1S/C14H21ClN2O2S/c1-11-3-2-7-17(8-6-11)20(18,19)14-5-4-12(10-16)9-13(14)15/h4-5,9,11H,2-3,6-8,10,16H2,1H3. The molecule has 1 aliphatic heterocycles. The number of benzene rings is 1. The first-order valence-corrected chi connectivity index (χ1v) is 8.75. The molecule has 1 saturated heterocycles. The maximum Gasteiger partial charge on any atom is 0.244 e. The first-order chi connectivity index (χ1) is 9.45. The van der Waals surface area contributed by atoms with Crippen molar-refractivity contribution in [3.05, 3.63) is 28.8 Å². The Bertz CT molecular complexity index is 575. The topological polar surface area (TPSA) is 63.4 Å². The number of nitrogens with zero attached hydrogens (tertiary/aromatic N) is 1. The second kappa shape index (κ2) is 6.43. The van der Waals surface area contributed by atoms with Gasteiger partial charge in [0.1, 0.15) is 4.90 Å². The highest BCUT2D eigenvalue weighted by molar-refractivity contribution is 7.89. The molecular weight excluding hydrogens is 296 g/mol. The van der Waals surface area contributed by atoms with Crippen LogP contribution in [0.1, 0.15) is 31.7 Å². The molecule has 4 nitrogen and oxygen atoms in total. The highest BCUT2D eigenvalue weighted by Gasteiger charge is 2.28. The number of sulfonamides is 1. The Hall–Kier alpha value is -0.620. The summed E-state index contributed by atoms with van der Waals surface area (Å²) in [4.78, 5) is 0.186. The Morgan fingerprint density at radius 1 is 1.35 bits per heavy atom. The van der Waals surface area contributed by atoms with Crippen LogP contribution < -0.4 is 5.73 Å². The molecule has 1 atom stereocenters. The van der Waals surface area contributed by atoms with Crippen LogP contribution in [0.2, 0.25) is 5.02 Å². The van der Waals surface area contributed by atoms with E-state index in [0.29, 0.717) is 25.6 Å². The molecule has 0 radical (unpaired) electrons. The SMILES string of the molecule is CC1CCCN(S(=O)(=O)c2ccc(CN)cc2Cl)CC1. The monoisotopic (exact) mass is 316 g/mol. The number of nitrogens with two attached hydrogens (primary N) is 1. The van der Waals surface area contributed by atoms with Crippen molar-refractivity contribution in [3.8, 4) is 0 Å².